The van der Waals surface area contributed by atoms with Crippen LogP contribution >= 0.6 is 47.0 Å². The van der Waals surface area contributed by atoms with Crippen LogP contribution in [0.2, 0.25) is 0 Å². The summed E-state index contributed by atoms with van der Waals surface area (Å²) in [4.78, 5) is 8.71. The molecule has 1 aromatic heterocycles. The minimum atomic E-state index is -1.59. The molecule has 3 unspecified atom stereocenters. The summed E-state index contributed by atoms with van der Waals surface area (Å²) in [5, 5.41) is 5.26. The van der Waals surface area contributed by atoms with Gasteiger partial charge in [0.05, 0.1) is 24.4 Å². The van der Waals surface area contributed by atoms with E-state index in [2.05, 4.69) is 51.6 Å². The number of fused-ring (bicyclic) bond motifs is 1. The molecule has 5 nitrogen and oxygen atoms in total. The Kier molecular flexibility index (Phi) is 7.68. The van der Waals surface area contributed by atoms with Crippen LogP contribution in [0.1, 0.15) is 24.3 Å². The van der Waals surface area contributed by atoms with Crippen LogP contribution in [0, 0.1) is 0 Å². The number of alkyl halides is 3. The van der Waals surface area contributed by atoms with Gasteiger partial charge in [-0.3, -0.25) is 10.3 Å². The normalized spacial score (nSPS) is 22.4. The maximum Gasteiger partial charge on any atom is 0.223 e. The van der Waals surface area contributed by atoms with Crippen LogP contribution in [0.15, 0.2) is 66.9 Å². The summed E-state index contributed by atoms with van der Waals surface area (Å²) in [7, 11) is 0. The molecule has 0 bridgehead atoms. The van der Waals surface area contributed by atoms with Crippen molar-refractivity contribution >= 4 is 68.7 Å². The second-order valence-corrected chi connectivity index (χ2v) is 11.8. The van der Waals surface area contributed by atoms with Crippen molar-refractivity contribution in [1.29, 1.82) is 0 Å². The third-order valence-electron chi connectivity index (χ3n) is 6.65. The van der Waals surface area contributed by atoms with E-state index >= 15 is 0 Å². The Morgan fingerprint density at radius 1 is 1.00 bits per heavy atom. The van der Waals surface area contributed by atoms with E-state index in [9.17, 15) is 0 Å². The lowest BCUT2D eigenvalue weighted by molar-refractivity contribution is 0.0435. The lowest BCUT2D eigenvalue weighted by atomic mass is 9.91. The predicted octanol–water partition coefficient (Wildman–Crippen LogP) is 5.89. The second kappa shape index (κ2) is 10.8. The van der Waals surface area contributed by atoms with Crippen LogP contribution in [0.3, 0.4) is 0 Å². The number of pyridine rings is 1. The number of nitrogens with zero attached hydrogens (tertiary/aromatic N) is 3. The van der Waals surface area contributed by atoms with Crippen LogP contribution in [0.25, 0.3) is 10.9 Å². The van der Waals surface area contributed by atoms with Gasteiger partial charge in [-0.2, -0.15) is 0 Å². The number of thiocarbonyl (C=S) groups is 1. The van der Waals surface area contributed by atoms with Gasteiger partial charge in [0.2, 0.25) is 3.79 Å². The molecule has 0 radical (unpaired) electrons. The van der Waals surface area contributed by atoms with Crippen LogP contribution in [-0.2, 0) is 4.74 Å². The molecule has 2 fully saturated rings. The fourth-order valence-corrected chi connectivity index (χ4v) is 5.93. The van der Waals surface area contributed by atoms with Gasteiger partial charge in [0.25, 0.3) is 0 Å². The van der Waals surface area contributed by atoms with Gasteiger partial charge in [0.1, 0.15) is 6.17 Å². The topological polar surface area (TPSA) is 40.6 Å². The quantitative estimate of drug-likeness (QED) is 0.316. The minimum Gasteiger partial charge on any atom is -0.379 e. The Morgan fingerprint density at radius 3 is 2.60 bits per heavy atom. The van der Waals surface area contributed by atoms with Gasteiger partial charge in [-0.05, 0) is 42.8 Å². The fraction of sp³-hybridized carbons (Fsp3) is 0.385. The number of hydrogen-bond acceptors (Lipinski definition) is 4. The molecule has 2 aliphatic heterocycles. The first kappa shape index (κ1) is 25.0. The molecule has 2 saturated heterocycles. The van der Waals surface area contributed by atoms with Gasteiger partial charge in [-0.25, -0.2) is 0 Å². The zero-order valence-corrected chi connectivity index (χ0v) is 22.2. The van der Waals surface area contributed by atoms with E-state index in [1.807, 2.05) is 29.2 Å². The molecule has 3 heterocycles. The number of nitrogens with one attached hydrogen (secondary N) is 1. The van der Waals surface area contributed by atoms with Crippen LogP contribution in [0.5, 0.6) is 0 Å². The minimum absolute atomic E-state index is 0.0204. The first-order chi connectivity index (χ1) is 16.9. The third kappa shape index (κ3) is 5.53. The van der Waals surface area contributed by atoms with Crippen LogP contribution < -0.4 is 10.2 Å². The first-order valence-electron chi connectivity index (χ1n) is 11.8. The van der Waals surface area contributed by atoms with E-state index in [0.29, 0.717) is 24.9 Å². The molecule has 3 atom stereocenters. The van der Waals surface area contributed by atoms with E-state index in [-0.39, 0.29) is 12.0 Å². The summed E-state index contributed by atoms with van der Waals surface area (Å²) in [6, 6.07) is 20.5. The largest absolute Gasteiger partial charge is 0.379 e. The van der Waals surface area contributed by atoms with Gasteiger partial charge in [-0.15, -0.1) is 0 Å². The second-order valence-electron chi connectivity index (χ2n) is 9.02. The number of aromatic nitrogens is 1. The summed E-state index contributed by atoms with van der Waals surface area (Å²) >= 11 is 25.6. The molecule has 0 saturated carbocycles. The lowest BCUT2D eigenvalue weighted by Gasteiger charge is -2.46. The molecular formula is C26H27Cl3N4OS. The Bertz CT molecular complexity index is 1170. The molecule has 35 heavy (non-hydrogen) atoms. The van der Waals surface area contributed by atoms with Crippen molar-refractivity contribution in [2.75, 3.05) is 31.2 Å². The molecule has 2 aliphatic rings. The molecule has 5 rings (SSSR count). The van der Waals surface area contributed by atoms with E-state index in [1.54, 1.807) is 6.20 Å². The Balaban J connectivity index is 1.38. The summed E-state index contributed by atoms with van der Waals surface area (Å²) < 4.78 is 4.36. The highest BCUT2D eigenvalue weighted by atomic mass is 35.6. The summed E-state index contributed by atoms with van der Waals surface area (Å²) in [6.07, 6.45) is 2.96. The van der Waals surface area contributed by atoms with Crippen LogP contribution in [-0.4, -0.2) is 57.3 Å². The van der Waals surface area contributed by atoms with Crippen molar-refractivity contribution in [3.05, 3.63) is 72.4 Å². The van der Waals surface area contributed by atoms with Crippen LogP contribution in [0.4, 0.5) is 5.69 Å². The molecule has 0 amide bonds. The molecule has 0 aliphatic carbocycles. The molecule has 3 aromatic rings. The molecule has 2 aromatic carbocycles. The first-order valence-corrected chi connectivity index (χ1v) is 13.3. The zero-order chi connectivity index (χ0) is 24.4. The molecular weight excluding hydrogens is 523 g/mol. The Hall–Kier alpha value is -1.67. The number of ether oxygens (including phenoxy) is 1. The Morgan fingerprint density at radius 2 is 1.80 bits per heavy atom. The predicted molar refractivity (Wildman–Crippen MR) is 149 cm³/mol. The highest BCUT2D eigenvalue weighted by Crippen LogP contribution is 2.37. The number of hydrogen-bond donors (Lipinski definition) is 1. The van der Waals surface area contributed by atoms with Crippen molar-refractivity contribution in [2.45, 2.75) is 34.8 Å². The highest BCUT2D eigenvalue weighted by molar-refractivity contribution is 7.80. The average molecular weight is 550 g/mol. The van der Waals surface area contributed by atoms with E-state index in [4.69, 9.17) is 51.8 Å². The SMILES string of the molecule is S=C1N(c2cccc3cccnc23)CCCN1C(NC1COCC(c2ccccc2)C1)C(Cl)(Cl)Cl. The Labute approximate surface area is 226 Å². The fourth-order valence-electron chi connectivity index (χ4n) is 5.00. The van der Waals surface area contributed by atoms with Gasteiger partial charge >= 0.3 is 0 Å². The monoisotopic (exact) mass is 548 g/mol. The van der Waals surface area contributed by atoms with Crippen molar-refractivity contribution in [3.63, 3.8) is 0 Å². The summed E-state index contributed by atoms with van der Waals surface area (Å²) in [5.74, 6) is 0.282. The van der Waals surface area contributed by atoms with Gasteiger partial charge < -0.3 is 14.5 Å². The molecule has 184 valence electrons. The van der Waals surface area contributed by atoms with Gasteiger partial charge in [0, 0.05) is 36.6 Å². The molecule has 0 spiro atoms. The van der Waals surface area contributed by atoms with E-state index in [0.717, 1.165) is 36.0 Å². The van der Waals surface area contributed by atoms with Crippen molar-refractivity contribution in [2.24, 2.45) is 0 Å². The number of rotatable bonds is 5. The van der Waals surface area contributed by atoms with E-state index < -0.39 is 9.96 Å². The zero-order valence-electron chi connectivity index (χ0n) is 19.1. The molecule has 1 N–H and O–H groups in total. The molecule has 9 heteroatoms. The third-order valence-corrected chi connectivity index (χ3v) is 7.73. The average Bonchev–Trinajstić information content (AvgIpc) is 2.87. The number of halogens is 3. The van der Waals surface area contributed by atoms with Crippen molar-refractivity contribution in [1.82, 2.24) is 15.2 Å². The number of para-hydroxylation sites is 1. The summed E-state index contributed by atoms with van der Waals surface area (Å²) in [6.45, 7) is 2.71. The van der Waals surface area contributed by atoms with Crippen molar-refractivity contribution in [3.8, 4) is 0 Å². The van der Waals surface area contributed by atoms with Gasteiger partial charge in [-0.1, -0.05) is 83.3 Å². The summed E-state index contributed by atoms with van der Waals surface area (Å²) in [5.41, 5.74) is 3.13. The lowest BCUT2D eigenvalue weighted by Crippen LogP contribution is -2.64. The maximum atomic E-state index is 6.55. The highest BCUT2D eigenvalue weighted by Gasteiger charge is 2.43. The van der Waals surface area contributed by atoms with Gasteiger partial charge in [0.15, 0.2) is 5.11 Å². The van der Waals surface area contributed by atoms with E-state index in [1.165, 1.54) is 5.56 Å². The smallest absolute Gasteiger partial charge is 0.223 e. The number of benzene rings is 2. The number of anilines is 1. The standard InChI is InChI=1S/C26H27Cl3N4OS/c27-26(28,29)24(31-21-15-20(16-34-17-21)18-7-2-1-3-8-18)33-14-6-13-32(25(33)35)22-11-4-9-19-10-5-12-30-23(19)22/h1-5,7-12,20-21,24,31H,6,13-17H2. The van der Waals surface area contributed by atoms with Crippen molar-refractivity contribution < 1.29 is 4.74 Å². The maximum absolute atomic E-state index is 6.55.